The fourth-order valence-corrected chi connectivity index (χ4v) is 5.28. The van der Waals surface area contributed by atoms with Crippen LogP contribution in [0.2, 0.25) is 19.6 Å². The molecule has 1 saturated carbocycles. The van der Waals surface area contributed by atoms with Crippen LogP contribution in [0.5, 0.6) is 0 Å². The number of H-pyrrole nitrogens is 1. The van der Waals surface area contributed by atoms with Gasteiger partial charge in [0.25, 0.3) is 0 Å². The van der Waals surface area contributed by atoms with Gasteiger partial charge in [0, 0.05) is 16.9 Å². The Morgan fingerprint density at radius 2 is 2.06 bits per heavy atom. The Balaban J connectivity index is 0.000000386. The minimum absolute atomic E-state index is 0.250. The Morgan fingerprint density at radius 1 is 1.50 bits per heavy atom. The zero-order valence-corrected chi connectivity index (χ0v) is 11.3. The number of nitrogens with one attached hydrogen (secondary N) is 1. The Hall–Kier alpha value is -1.10. The third kappa shape index (κ3) is 2.19. The summed E-state index contributed by atoms with van der Waals surface area (Å²) in [5.74, 6) is 0. The second-order valence-electron chi connectivity index (χ2n) is 5.29. The molecule has 1 heterocycles. The summed E-state index contributed by atoms with van der Waals surface area (Å²) in [7, 11) is -1.10. The average Bonchev–Trinajstić information content (AvgIpc) is 2.53. The molecule has 0 radical (unpaired) electrons. The van der Waals surface area contributed by atoms with E-state index in [0.29, 0.717) is 5.04 Å². The zero-order valence-electron chi connectivity index (χ0n) is 10.3. The van der Waals surface area contributed by atoms with Gasteiger partial charge in [-0.25, -0.2) is 0 Å². The first kappa shape index (κ1) is 13.0. The highest BCUT2D eigenvalue weighted by Gasteiger charge is 2.49. The summed E-state index contributed by atoms with van der Waals surface area (Å²) in [4.78, 5) is 8.58. The summed E-state index contributed by atoms with van der Waals surface area (Å²) in [6.07, 6.45) is 6.26. The summed E-state index contributed by atoms with van der Waals surface area (Å²) >= 11 is 0. The molecular formula is C11H21N3OSi. The van der Waals surface area contributed by atoms with E-state index in [-0.39, 0.29) is 6.41 Å². The normalized spacial score (nSPS) is 17.9. The van der Waals surface area contributed by atoms with Gasteiger partial charge in [-0.1, -0.05) is 26.1 Å². The molecule has 0 aromatic carbocycles. The van der Waals surface area contributed by atoms with Crippen LogP contribution in [-0.4, -0.2) is 24.7 Å². The van der Waals surface area contributed by atoms with Crippen molar-refractivity contribution < 1.29 is 4.79 Å². The Bertz CT molecular complexity index is 325. The van der Waals surface area contributed by atoms with Gasteiger partial charge in [-0.15, -0.1) is 0 Å². The molecule has 0 aliphatic heterocycles. The molecule has 0 atom stereocenters. The fraction of sp³-hybridized carbons (Fsp3) is 0.636. The quantitative estimate of drug-likeness (QED) is 0.610. The van der Waals surface area contributed by atoms with Gasteiger partial charge in [0.1, 0.15) is 0 Å². The van der Waals surface area contributed by atoms with E-state index in [1.54, 1.807) is 0 Å². The lowest BCUT2D eigenvalue weighted by Crippen LogP contribution is -2.54. The van der Waals surface area contributed by atoms with E-state index >= 15 is 0 Å². The number of aromatic nitrogens is 2. The van der Waals surface area contributed by atoms with Crippen LogP contribution in [-0.2, 0) is 9.83 Å². The van der Waals surface area contributed by atoms with Gasteiger partial charge in [-0.05, 0) is 18.9 Å². The second kappa shape index (κ2) is 4.82. The molecule has 0 bridgehead atoms. The van der Waals surface area contributed by atoms with Crippen molar-refractivity contribution >= 4 is 14.5 Å². The van der Waals surface area contributed by atoms with E-state index in [2.05, 4.69) is 41.6 Å². The highest BCUT2D eigenvalue weighted by atomic mass is 28.3. The molecule has 0 unspecified atom stereocenters. The number of hydrogen-bond acceptors (Lipinski definition) is 2. The van der Waals surface area contributed by atoms with Crippen LogP contribution in [0, 0.1) is 0 Å². The molecule has 1 aliphatic carbocycles. The predicted octanol–water partition coefficient (Wildman–Crippen LogP) is 1.81. The van der Waals surface area contributed by atoms with Crippen molar-refractivity contribution in [1.29, 1.82) is 0 Å². The van der Waals surface area contributed by atoms with Gasteiger partial charge in [-0.3, -0.25) is 9.89 Å². The van der Waals surface area contributed by atoms with Crippen molar-refractivity contribution in [1.82, 2.24) is 10.2 Å². The number of amides is 1. The molecule has 1 aliphatic rings. The second-order valence-corrected chi connectivity index (χ2v) is 10.7. The fourth-order valence-electron chi connectivity index (χ4n) is 2.48. The van der Waals surface area contributed by atoms with Gasteiger partial charge in [0.15, 0.2) is 0 Å². The lowest BCUT2D eigenvalue weighted by molar-refractivity contribution is -0.106. The molecule has 1 aromatic heterocycles. The van der Waals surface area contributed by atoms with Crippen LogP contribution in [0.15, 0.2) is 12.3 Å². The zero-order chi connectivity index (χ0) is 12.2. The van der Waals surface area contributed by atoms with Crippen molar-refractivity contribution in [2.45, 2.75) is 43.9 Å². The number of carbonyl (C=O) groups excluding carboxylic acids is 1. The Kier molecular flexibility index (Phi) is 3.91. The van der Waals surface area contributed by atoms with E-state index in [1.807, 2.05) is 6.20 Å². The number of nitrogens with zero attached hydrogens (tertiary/aromatic N) is 1. The first-order valence-electron chi connectivity index (χ1n) is 5.63. The van der Waals surface area contributed by atoms with Crippen LogP contribution < -0.4 is 5.73 Å². The molecule has 4 nitrogen and oxygen atoms in total. The van der Waals surface area contributed by atoms with Crippen molar-refractivity contribution in [3.63, 3.8) is 0 Å². The van der Waals surface area contributed by atoms with Crippen molar-refractivity contribution in [2.24, 2.45) is 5.73 Å². The van der Waals surface area contributed by atoms with Crippen LogP contribution in [0.4, 0.5) is 0 Å². The first-order chi connectivity index (χ1) is 7.48. The van der Waals surface area contributed by atoms with Crippen molar-refractivity contribution in [2.75, 3.05) is 0 Å². The minimum atomic E-state index is -1.10. The number of hydrogen-bond donors (Lipinski definition) is 2. The molecule has 0 spiro atoms. The minimum Gasteiger partial charge on any atom is -0.372 e. The van der Waals surface area contributed by atoms with Crippen molar-refractivity contribution in [3.8, 4) is 0 Å². The number of carbonyl (C=O) groups is 1. The molecule has 90 valence electrons. The van der Waals surface area contributed by atoms with Gasteiger partial charge >= 0.3 is 0 Å². The van der Waals surface area contributed by atoms with Gasteiger partial charge < -0.3 is 5.73 Å². The summed E-state index contributed by atoms with van der Waals surface area (Å²) in [5.41, 5.74) is 5.55. The molecular weight excluding hydrogens is 218 g/mol. The summed E-state index contributed by atoms with van der Waals surface area (Å²) in [5, 5.41) is 7.76. The van der Waals surface area contributed by atoms with Crippen LogP contribution in [0.25, 0.3) is 0 Å². The maximum atomic E-state index is 8.58. The SMILES string of the molecule is C[Si](C)(C)C1(c2ccn[nH]2)CCC1.NC=O. The maximum absolute atomic E-state index is 8.58. The van der Waals surface area contributed by atoms with Gasteiger partial charge in [0.05, 0.1) is 8.07 Å². The highest BCUT2D eigenvalue weighted by molar-refractivity contribution is 6.79. The number of nitrogens with two attached hydrogens (primary N) is 1. The summed E-state index contributed by atoms with van der Waals surface area (Å²) in [6, 6.07) is 2.16. The van der Waals surface area contributed by atoms with E-state index in [4.69, 9.17) is 4.79 Å². The van der Waals surface area contributed by atoms with E-state index in [9.17, 15) is 0 Å². The van der Waals surface area contributed by atoms with Crippen LogP contribution in [0.3, 0.4) is 0 Å². The first-order valence-corrected chi connectivity index (χ1v) is 9.13. The number of rotatable bonds is 2. The average molecular weight is 239 g/mol. The third-order valence-electron chi connectivity index (χ3n) is 3.66. The Labute approximate surface area is 97.6 Å². The predicted molar refractivity (Wildman–Crippen MR) is 67.7 cm³/mol. The molecule has 1 aromatic rings. The topological polar surface area (TPSA) is 71.8 Å². The van der Waals surface area contributed by atoms with Gasteiger partial charge in [-0.2, -0.15) is 5.10 Å². The molecule has 3 N–H and O–H groups in total. The molecule has 2 rings (SSSR count). The number of primary amides is 1. The summed E-state index contributed by atoms with van der Waals surface area (Å²) in [6.45, 7) is 7.40. The van der Waals surface area contributed by atoms with Crippen molar-refractivity contribution in [3.05, 3.63) is 18.0 Å². The Morgan fingerprint density at radius 3 is 2.31 bits per heavy atom. The molecule has 16 heavy (non-hydrogen) atoms. The third-order valence-corrected chi connectivity index (χ3v) is 7.30. The molecule has 1 amide bonds. The van der Waals surface area contributed by atoms with Crippen LogP contribution in [0.1, 0.15) is 25.0 Å². The molecule has 5 heteroatoms. The van der Waals surface area contributed by atoms with E-state index in [1.165, 1.54) is 25.0 Å². The highest BCUT2D eigenvalue weighted by Crippen LogP contribution is 2.49. The maximum Gasteiger partial charge on any atom is 0.204 e. The molecule has 1 fully saturated rings. The lowest BCUT2D eigenvalue weighted by atomic mass is 9.81. The number of aromatic amines is 1. The largest absolute Gasteiger partial charge is 0.372 e. The van der Waals surface area contributed by atoms with Gasteiger partial charge in [0.2, 0.25) is 6.41 Å². The van der Waals surface area contributed by atoms with E-state index in [0.717, 1.165) is 0 Å². The standard InChI is InChI=1S/C10H18N2Si.CH3NO/c1-13(2,3)10(6-4-7-10)9-5-8-11-12-9;2-1-3/h5,8H,4,6-7H2,1-3H3,(H,11,12);1H,(H2,2,3). The van der Waals surface area contributed by atoms with E-state index < -0.39 is 8.07 Å². The lowest BCUT2D eigenvalue weighted by Gasteiger charge is -2.50. The summed E-state index contributed by atoms with van der Waals surface area (Å²) < 4.78 is 0. The monoisotopic (exact) mass is 239 g/mol. The van der Waals surface area contributed by atoms with Crippen LogP contribution >= 0.6 is 0 Å². The molecule has 0 saturated heterocycles. The smallest absolute Gasteiger partial charge is 0.204 e.